The number of carbonyl (C=O) groups is 2. The van der Waals surface area contributed by atoms with Crippen molar-refractivity contribution in [1.29, 1.82) is 0 Å². The van der Waals surface area contributed by atoms with Gasteiger partial charge in [-0.1, -0.05) is 29.8 Å². The highest BCUT2D eigenvalue weighted by atomic mass is 16.6. The predicted molar refractivity (Wildman–Crippen MR) is 104 cm³/mol. The van der Waals surface area contributed by atoms with Gasteiger partial charge in [0.05, 0.1) is 0 Å². The molecule has 2 rings (SSSR count). The summed E-state index contributed by atoms with van der Waals surface area (Å²) in [6, 6.07) is 7.90. The fraction of sp³-hybridized carbons (Fsp3) is 0.619. The smallest absolute Gasteiger partial charge is 0.411 e. The van der Waals surface area contributed by atoms with Gasteiger partial charge in [0.15, 0.2) is 0 Å². The first-order valence-electron chi connectivity index (χ1n) is 9.60. The zero-order valence-electron chi connectivity index (χ0n) is 16.9. The minimum atomic E-state index is -0.620. The van der Waals surface area contributed by atoms with Crippen LogP contribution in [0.25, 0.3) is 0 Å². The highest BCUT2D eigenvalue weighted by molar-refractivity contribution is 5.82. The van der Waals surface area contributed by atoms with Crippen LogP contribution in [0.3, 0.4) is 0 Å². The van der Waals surface area contributed by atoms with Gasteiger partial charge in [-0.15, -0.1) is 0 Å². The first kappa shape index (κ1) is 21.2. The van der Waals surface area contributed by atoms with E-state index in [9.17, 15) is 14.7 Å². The normalized spacial score (nSPS) is 15.5. The Morgan fingerprint density at radius 1 is 1.19 bits per heavy atom. The molecular formula is C21H32N2O4. The molecule has 6 heteroatoms. The summed E-state index contributed by atoms with van der Waals surface area (Å²) in [5, 5.41) is 9.25. The van der Waals surface area contributed by atoms with E-state index in [0.29, 0.717) is 19.6 Å². The lowest BCUT2D eigenvalue weighted by molar-refractivity contribution is -0.134. The monoisotopic (exact) mass is 376 g/mol. The maximum absolute atomic E-state index is 12.7. The van der Waals surface area contributed by atoms with E-state index in [-0.39, 0.29) is 25.0 Å². The van der Waals surface area contributed by atoms with Crippen molar-refractivity contribution in [2.75, 3.05) is 26.2 Å². The van der Waals surface area contributed by atoms with Crippen LogP contribution in [0.4, 0.5) is 4.79 Å². The Bertz CT molecular complexity index is 629. The predicted octanol–water partition coefficient (Wildman–Crippen LogP) is 2.96. The first-order chi connectivity index (χ1) is 12.7. The average Bonchev–Trinajstić information content (AvgIpc) is 2.61. The molecule has 1 N–H and O–H groups in total. The van der Waals surface area contributed by atoms with Crippen LogP contribution in [0.2, 0.25) is 0 Å². The molecule has 150 valence electrons. The van der Waals surface area contributed by atoms with E-state index in [1.807, 2.05) is 52.0 Å². The molecule has 0 bridgehead atoms. The third-order valence-corrected chi connectivity index (χ3v) is 4.70. The lowest BCUT2D eigenvalue weighted by Crippen LogP contribution is -2.47. The van der Waals surface area contributed by atoms with Crippen LogP contribution in [0, 0.1) is 12.8 Å². The zero-order valence-corrected chi connectivity index (χ0v) is 16.9. The van der Waals surface area contributed by atoms with Gasteiger partial charge < -0.3 is 14.7 Å². The Hall–Kier alpha value is -2.08. The Kier molecular flexibility index (Phi) is 7.25. The molecule has 0 saturated carbocycles. The van der Waals surface area contributed by atoms with E-state index in [1.54, 1.807) is 4.90 Å². The highest BCUT2D eigenvalue weighted by Crippen LogP contribution is 2.18. The van der Waals surface area contributed by atoms with E-state index in [1.165, 1.54) is 4.90 Å². The molecule has 1 heterocycles. The van der Waals surface area contributed by atoms with Crippen molar-refractivity contribution < 1.29 is 19.4 Å². The number of likely N-dealkylation sites (tertiary alicyclic amines) is 1. The minimum Gasteiger partial charge on any atom is -0.444 e. The molecule has 1 saturated heterocycles. The molecule has 0 aromatic heterocycles. The molecule has 0 spiro atoms. The number of aliphatic hydroxyl groups is 1. The Morgan fingerprint density at radius 2 is 1.78 bits per heavy atom. The maximum atomic E-state index is 12.7. The summed E-state index contributed by atoms with van der Waals surface area (Å²) in [6.07, 6.45) is 1.11. The third-order valence-electron chi connectivity index (χ3n) is 4.70. The summed E-state index contributed by atoms with van der Waals surface area (Å²) < 4.78 is 5.50. The number of hydrogen-bond acceptors (Lipinski definition) is 4. The van der Waals surface area contributed by atoms with Crippen molar-refractivity contribution in [2.24, 2.45) is 5.92 Å². The second kappa shape index (κ2) is 9.22. The van der Waals surface area contributed by atoms with Gasteiger partial charge in [-0.05, 0) is 52.0 Å². The van der Waals surface area contributed by atoms with Crippen molar-refractivity contribution in [2.45, 2.75) is 52.7 Å². The first-order valence-corrected chi connectivity index (χ1v) is 9.60. The molecule has 1 aromatic carbocycles. The Balaban J connectivity index is 2.05. The van der Waals surface area contributed by atoms with Crippen LogP contribution in [-0.4, -0.2) is 58.7 Å². The molecule has 27 heavy (non-hydrogen) atoms. The Labute approximate surface area is 162 Å². The van der Waals surface area contributed by atoms with Crippen molar-refractivity contribution in [1.82, 2.24) is 9.80 Å². The summed E-state index contributed by atoms with van der Waals surface area (Å²) in [4.78, 5) is 28.6. The largest absolute Gasteiger partial charge is 0.444 e. The maximum Gasteiger partial charge on any atom is 0.411 e. The van der Waals surface area contributed by atoms with Crippen LogP contribution in [0.1, 0.15) is 44.7 Å². The van der Waals surface area contributed by atoms with E-state index >= 15 is 0 Å². The standard InChI is InChI=1S/C21H32N2O4/c1-16-5-7-17(8-6-16)13-23(20(26)27-21(2,3)4)14-19(25)22-11-9-18(15-24)10-12-22/h5-8,18,24H,9-15H2,1-4H3. The minimum absolute atomic E-state index is 0.00736. The van der Waals surface area contributed by atoms with Crippen LogP contribution in [-0.2, 0) is 16.1 Å². The van der Waals surface area contributed by atoms with Gasteiger partial charge in [0.25, 0.3) is 0 Å². The number of ether oxygens (including phenoxy) is 1. The van der Waals surface area contributed by atoms with Crippen LogP contribution in [0.5, 0.6) is 0 Å². The summed E-state index contributed by atoms with van der Waals surface area (Å²) in [7, 11) is 0. The fourth-order valence-corrected chi connectivity index (χ4v) is 3.05. The van der Waals surface area contributed by atoms with E-state index < -0.39 is 11.7 Å². The molecular weight excluding hydrogens is 344 g/mol. The summed E-state index contributed by atoms with van der Waals surface area (Å²) in [5.41, 5.74) is 1.48. The summed E-state index contributed by atoms with van der Waals surface area (Å²) in [5.74, 6) is 0.188. The molecule has 0 radical (unpaired) electrons. The summed E-state index contributed by atoms with van der Waals surface area (Å²) in [6.45, 7) is 9.19. The molecule has 1 aromatic rings. The summed E-state index contributed by atoms with van der Waals surface area (Å²) >= 11 is 0. The molecule has 0 aliphatic carbocycles. The van der Waals surface area contributed by atoms with E-state index in [2.05, 4.69) is 0 Å². The van der Waals surface area contributed by atoms with Gasteiger partial charge in [0, 0.05) is 26.2 Å². The van der Waals surface area contributed by atoms with E-state index in [0.717, 1.165) is 24.0 Å². The lowest BCUT2D eigenvalue weighted by atomic mass is 9.98. The SMILES string of the molecule is Cc1ccc(CN(CC(=O)N2CCC(CO)CC2)C(=O)OC(C)(C)C)cc1. The number of benzene rings is 1. The average molecular weight is 376 g/mol. The second-order valence-corrected chi connectivity index (χ2v) is 8.33. The number of piperidine rings is 1. The molecule has 1 aliphatic heterocycles. The fourth-order valence-electron chi connectivity index (χ4n) is 3.05. The van der Waals surface area contributed by atoms with Crippen molar-refractivity contribution in [3.8, 4) is 0 Å². The number of nitrogens with zero attached hydrogens (tertiary/aromatic N) is 2. The highest BCUT2D eigenvalue weighted by Gasteiger charge is 2.28. The van der Waals surface area contributed by atoms with Gasteiger partial charge >= 0.3 is 6.09 Å². The molecule has 0 unspecified atom stereocenters. The topological polar surface area (TPSA) is 70.1 Å². The number of hydrogen-bond donors (Lipinski definition) is 1. The molecule has 2 amide bonds. The second-order valence-electron chi connectivity index (χ2n) is 8.33. The number of aliphatic hydroxyl groups excluding tert-OH is 1. The Morgan fingerprint density at radius 3 is 2.30 bits per heavy atom. The van der Waals surface area contributed by atoms with Crippen LogP contribution < -0.4 is 0 Å². The van der Waals surface area contributed by atoms with Crippen LogP contribution >= 0.6 is 0 Å². The molecule has 6 nitrogen and oxygen atoms in total. The van der Waals surface area contributed by atoms with Gasteiger partial charge in [-0.3, -0.25) is 9.69 Å². The molecule has 0 atom stereocenters. The number of amides is 2. The van der Waals surface area contributed by atoms with Gasteiger partial charge in [0.2, 0.25) is 5.91 Å². The number of rotatable bonds is 5. The number of aryl methyl sites for hydroxylation is 1. The number of carbonyl (C=O) groups excluding carboxylic acids is 2. The van der Waals surface area contributed by atoms with Crippen LogP contribution in [0.15, 0.2) is 24.3 Å². The van der Waals surface area contributed by atoms with Gasteiger partial charge in [-0.2, -0.15) is 0 Å². The zero-order chi connectivity index (χ0) is 20.0. The quantitative estimate of drug-likeness (QED) is 0.858. The third kappa shape index (κ3) is 6.86. The van der Waals surface area contributed by atoms with Gasteiger partial charge in [-0.25, -0.2) is 4.79 Å². The lowest BCUT2D eigenvalue weighted by Gasteiger charge is -2.33. The molecule has 1 fully saturated rings. The molecule has 1 aliphatic rings. The van der Waals surface area contributed by atoms with Crippen molar-refractivity contribution >= 4 is 12.0 Å². The van der Waals surface area contributed by atoms with Crippen molar-refractivity contribution in [3.63, 3.8) is 0 Å². The van der Waals surface area contributed by atoms with E-state index in [4.69, 9.17) is 4.74 Å². The van der Waals surface area contributed by atoms with Crippen molar-refractivity contribution in [3.05, 3.63) is 35.4 Å². The van der Waals surface area contributed by atoms with Gasteiger partial charge in [0.1, 0.15) is 12.1 Å².